The van der Waals surface area contributed by atoms with Crippen LogP contribution < -0.4 is 15.4 Å². The minimum Gasteiger partial charge on any atom is -0.508 e. The summed E-state index contributed by atoms with van der Waals surface area (Å²) in [7, 11) is 0. The molecule has 9 heteroatoms. The fourth-order valence-electron chi connectivity index (χ4n) is 3.05. The molecule has 1 aromatic heterocycles. The number of benzene rings is 3. The molecule has 0 fully saturated rings. The summed E-state index contributed by atoms with van der Waals surface area (Å²) in [6, 6.07) is 21.3. The third-order valence-corrected chi connectivity index (χ3v) is 5.56. The van der Waals surface area contributed by atoms with Crippen LogP contribution in [0, 0.1) is 0 Å². The number of nitrogens with zero attached hydrogens (tertiary/aromatic N) is 2. The van der Waals surface area contributed by atoms with Crippen molar-refractivity contribution >= 4 is 39.4 Å². The van der Waals surface area contributed by atoms with Gasteiger partial charge in [0.1, 0.15) is 22.2 Å². The quantitative estimate of drug-likeness (QED) is 0.347. The van der Waals surface area contributed by atoms with Crippen molar-refractivity contribution in [2.75, 3.05) is 10.6 Å². The van der Waals surface area contributed by atoms with Crippen molar-refractivity contribution in [3.8, 4) is 11.5 Å². The van der Waals surface area contributed by atoms with E-state index in [0.717, 1.165) is 22.7 Å². The number of aromatic hydroxyl groups is 1. The number of phenolic OH excluding ortho intramolecular Hbond substituents is 1. The van der Waals surface area contributed by atoms with Gasteiger partial charge < -0.3 is 15.6 Å². The molecule has 4 rings (SSSR count). The highest BCUT2D eigenvalue weighted by Gasteiger charge is 2.23. The number of ether oxygens (including phenoxy) is 1. The van der Waals surface area contributed by atoms with E-state index in [-0.39, 0.29) is 33.5 Å². The van der Waals surface area contributed by atoms with Crippen molar-refractivity contribution in [3.63, 3.8) is 0 Å². The first-order chi connectivity index (χ1) is 15.4. The normalized spacial score (nSPS) is 10.8. The molecule has 0 aliphatic heterocycles. The van der Waals surface area contributed by atoms with Crippen LogP contribution in [-0.4, -0.2) is 22.5 Å². The van der Waals surface area contributed by atoms with Crippen LogP contribution in [0.1, 0.15) is 15.2 Å². The zero-order chi connectivity index (χ0) is 22.7. The standard InChI is InChI=1S/C23H17F2N3O3S/c24-22(25)31-18-12-6-14(7-13-18)19(30)20-21(26)27-23(32-20)28(15-4-2-1-3-5-15)16-8-10-17(29)11-9-16/h1-13,22,29H,26H2. The van der Waals surface area contributed by atoms with Gasteiger partial charge in [0, 0.05) is 16.9 Å². The summed E-state index contributed by atoms with van der Waals surface area (Å²) in [5.74, 6) is -0.246. The van der Waals surface area contributed by atoms with Crippen molar-refractivity contribution in [2.45, 2.75) is 6.61 Å². The Balaban J connectivity index is 1.70. The van der Waals surface area contributed by atoms with E-state index in [1.807, 2.05) is 35.2 Å². The number of nitrogens with two attached hydrogens (primary N) is 1. The molecule has 0 bridgehead atoms. The average molecular weight is 453 g/mol. The molecule has 0 aliphatic rings. The molecule has 4 aromatic rings. The number of alkyl halides is 2. The molecule has 1 heterocycles. The van der Waals surface area contributed by atoms with Gasteiger partial charge in [-0.3, -0.25) is 9.69 Å². The highest BCUT2D eigenvalue weighted by atomic mass is 32.1. The third-order valence-electron chi connectivity index (χ3n) is 4.50. The number of carbonyl (C=O) groups excluding carboxylic acids is 1. The highest BCUT2D eigenvalue weighted by molar-refractivity contribution is 7.18. The van der Waals surface area contributed by atoms with Gasteiger partial charge >= 0.3 is 6.61 Å². The largest absolute Gasteiger partial charge is 0.508 e. The minimum absolute atomic E-state index is 0.0444. The van der Waals surface area contributed by atoms with Gasteiger partial charge in [-0.25, -0.2) is 4.98 Å². The number of phenols is 1. The monoisotopic (exact) mass is 453 g/mol. The molecular formula is C23H17F2N3O3S. The van der Waals surface area contributed by atoms with Gasteiger partial charge in [-0.1, -0.05) is 29.5 Å². The van der Waals surface area contributed by atoms with Crippen LogP contribution in [0.15, 0.2) is 78.9 Å². The van der Waals surface area contributed by atoms with Crippen molar-refractivity contribution in [2.24, 2.45) is 0 Å². The van der Waals surface area contributed by atoms with E-state index in [0.29, 0.717) is 5.13 Å². The molecule has 0 spiro atoms. The molecule has 0 amide bonds. The summed E-state index contributed by atoms with van der Waals surface area (Å²) >= 11 is 1.11. The Hall–Kier alpha value is -3.98. The summed E-state index contributed by atoms with van der Waals surface area (Å²) in [6.07, 6.45) is 0. The maximum atomic E-state index is 13.0. The number of ketones is 1. The van der Waals surface area contributed by atoms with Crippen LogP contribution in [-0.2, 0) is 0 Å². The van der Waals surface area contributed by atoms with Gasteiger partial charge in [0.15, 0.2) is 5.13 Å². The minimum atomic E-state index is -2.94. The van der Waals surface area contributed by atoms with Gasteiger partial charge in [0.2, 0.25) is 5.78 Å². The lowest BCUT2D eigenvalue weighted by Crippen LogP contribution is -2.09. The average Bonchev–Trinajstić information content (AvgIpc) is 3.16. The van der Waals surface area contributed by atoms with Crippen LogP contribution in [0.2, 0.25) is 0 Å². The Morgan fingerprint density at radius 1 is 0.969 bits per heavy atom. The Labute approximate surface area is 186 Å². The first-order valence-corrected chi connectivity index (χ1v) is 10.2. The van der Waals surface area contributed by atoms with Crippen LogP contribution in [0.25, 0.3) is 0 Å². The Bertz CT molecular complexity index is 1210. The summed E-state index contributed by atoms with van der Waals surface area (Å²) < 4.78 is 29.0. The number of rotatable bonds is 7. The highest BCUT2D eigenvalue weighted by Crippen LogP contribution is 2.40. The Kier molecular flexibility index (Phi) is 6.00. The predicted molar refractivity (Wildman–Crippen MR) is 119 cm³/mol. The molecular weight excluding hydrogens is 436 g/mol. The van der Waals surface area contributed by atoms with Gasteiger partial charge in [0.25, 0.3) is 0 Å². The second-order valence-corrected chi connectivity index (χ2v) is 7.61. The number of para-hydroxylation sites is 1. The molecule has 162 valence electrons. The topological polar surface area (TPSA) is 88.7 Å². The second kappa shape index (κ2) is 9.03. The van der Waals surface area contributed by atoms with E-state index in [1.54, 1.807) is 24.3 Å². The lowest BCUT2D eigenvalue weighted by Gasteiger charge is -2.22. The Morgan fingerprint density at radius 3 is 2.22 bits per heavy atom. The van der Waals surface area contributed by atoms with Crippen LogP contribution in [0.5, 0.6) is 11.5 Å². The maximum absolute atomic E-state index is 13.0. The third kappa shape index (κ3) is 4.52. The molecule has 0 saturated heterocycles. The molecule has 3 N–H and O–H groups in total. The van der Waals surface area contributed by atoms with E-state index >= 15 is 0 Å². The van der Waals surface area contributed by atoms with Crippen LogP contribution in [0.3, 0.4) is 0 Å². The smallest absolute Gasteiger partial charge is 0.387 e. The summed E-state index contributed by atoms with van der Waals surface area (Å²) in [6.45, 7) is -2.94. The Morgan fingerprint density at radius 2 is 1.59 bits per heavy atom. The predicted octanol–water partition coefficient (Wildman–Crippen LogP) is 5.73. The number of halogens is 2. The lowest BCUT2D eigenvalue weighted by atomic mass is 10.1. The molecule has 3 aromatic carbocycles. The van der Waals surface area contributed by atoms with E-state index in [9.17, 15) is 18.7 Å². The first kappa shape index (κ1) is 21.3. The van der Waals surface area contributed by atoms with Crippen molar-refractivity contribution in [1.82, 2.24) is 4.98 Å². The lowest BCUT2D eigenvalue weighted by molar-refractivity contribution is -0.0498. The van der Waals surface area contributed by atoms with E-state index in [1.165, 1.54) is 24.3 Å². The molecule has 0 saturated carbocycles. The van der Waals surface area contributed by atoms with Crippen LogP contribution in [0.4, 0.5) is 31.1 Å². The van der Waals surface area contributed by atoms with Gasteiger partial charge in [-0.05, 0) is 60.7 Å². The summed E-state index contributed by atoms with van der Waals surface area (Å²) in [5, 5.41) is 10.1. The number of anilines is 4. The number of hydrogen-bond donors (Lipinski definition) is 2. The molecule has 0 aliphatic carbocycles. The SMILES string of the molecule is Nc1nc(N(c2ccccc2)c2ccc(O)cc2)sc1C(=O)c1ccc(OC(F)F)cc1. The fraction of sp³-hybridized carbons (Fsp3) is 0.0435. The summed E-state index contributed by atoms with van der Waals surface area (Å²) in [4.78, 5) is 19.4. The molecule has 0 atom stereocenters. The number of hydrogen-bond acceptors (Lipinski definition) is 7. The first-order valence-electron chi connectivity index (χ1n) is 9.42. The zero-order valence-corrected chi connectivity index (χ0v) is 17.3. The molecule has 32 heavy (non-hydrogen) atoms. The van der Waals surface area contributed by atoms with Gasteiger partial charge in [-0.15, -0.1) is 0 Å². The number of nitrogen functional groups attached to an aromatic ring is 1. The molecule has 0 radical (unpaired) electrons. The zero-order valence-electron chi connectivity index (χ0n) is 16.5. The van der Waals surface area contributed by atoms with E-state index < -0.39 is 6.61 Å². The summed E-state index contributed by atoms with van der Waals surface area (Å²) in [5.41, 5.74) is 7.86. The number of aromatic nitrogens is 1. The van der Waals surface area contributed by atoms with Crippen LogP contribution >= 0.6 is 11.3 Å². The van der Waals surface area contributed by atoms with E-state index in [2.05, 4.69) is 9.72 Å². The van der Waals surface area contributed by atoms with Crippen molar-refractivity contribution in [3.05, 3.63) is 89.3 Å². The van der Waals surface area contributed by atoms with Gasteiger partial charge in [-0.2, -0.15) is 8.78 Å². The maximum Gasteiger partial charge on any atom is 0.387 e. The fourth-order valence-corrected chi connectivity index (χ4v) is 4.04. The number of carbonyl (C=O) groups is 1. The van der Waals surface area contributed by atoms with E-state index in [4.69, 9.17) is 5.73 Å². The van der Waals surface area contributed by atoms with Gasteiger partial charge in [0.05, 0.1) is 0 Å². The molecule has 6 nitrogen and oxygen atoms in total. The second-order valence-electron chi connectivity index (χ2n) is 6.63. The number of thiazole rings is 1. The van der Waals surface area contributed by atoms with Crippen molar-refractivity contribution < 1.29 is 23.4 Å². The van der Waals surface area contributed by atoms with Crippen molar-refractivity contribution in [1.29, 1.82) is 0 Å². The molecule has 0 unspecified atom stereocenters.